The number of rotatable bonds is 9. The van der Waals surface area contributed by atoms with E-state index >= 15 is 0 Å². The van der Waals surface area contributed by atoms with Gasteiger partial charge in [0.15, 0.2) is 24.4 Å². The number of carbonyl (C=O) groups excluding carboxylic acids is 2. The average molecular weight is 341 g/mol. The molecule has 0 unspecified atom stereocenters. The minimum absolute atomic E-state index is 0.210. The van der Waals surface area contributed by atoms with Gasteiger partial charge in [-0.15, -0.1) is 0 Å². The predicted molar refractivity (Wildman–Crippen MR) is 97.6 cm³/mol. The van der Waals surface area contributed by atoms with Crippen molar-refractivity contribution in [2.75, 3.05) is 19.0 Å². The van der Waals surface area contributed by atoms with Crippen LogP contribution in [0.2, 0.25) is 0 Å². The second-order valence-corrected chi connectivity index (χ2v) is 5.63. The van der Waals surface area contributed by atoms with Crippen LogP contribution in [0.1, 0.15) is 35.7 Å². The highest BCUT2D eigenvalue weighted by Gasteiger charge is 2.12. The molecule has 0 bridgehead atoms. The Morgan fingerprint density at radius 2 is 1.92 bits per heavy atom. The van der Waals surface area contributed by atoms with E-state index in [1.54, 1.807) is 18.2 Å². The van der Waals surface area contributed by atoms with Crippen molar-refractivity contribution in [3.8, 4) is 11.5 Å². The van der Waals surface area contributed by atoms with E-state index < -0.39 is 0 Å². The topological polar surface area (TPSA) is 64.6 Å². The Bertz CT molecular complexity index is 710. The van der Waals surface area contributed by atoms with Gasteiger partial charge < -0.3 is 14.8 Å². The van der Waals surface area contributed by atoms with E-state index in [-0.39, 0.29) is 18.3 Å². The van der Waals surface area contributed by atoms with Gasteiger partial charge in [0.25, 0.3) is 5.91 Å². The largest absolute Gasteiger partial charge is 0.493 e. The van der Waals surface area contributed by atoms with E-state index in [1.807, 2.05) is 24.3 Å². The Morgan fingerprint density at radius 3 is 2.56 bits per heavy atom. The first-order valence-electron chi connectivity index (χ1n) is 8.31. The number of aryl methyl sites for hydroxylation is 1. The molecule has 2 aromatic carbocycles. The lowest BCUT2D eigenvalue weighted by molar-refractivity contribution is -0.118. The summed E-state index contributed by atoms with van der Waals surface area (Å²) in [5.41, 5.74) is 2.30. The van der Waals surface area contributed by atoms with Crippen LogP contribution >= 0.6 is 0 Å². The zero-order valence-electron chi connectivity index (χ0n) is 14.6. The first-order chi connectivity index (χ1) is 12.2. The summed E-state index contributed by atoms with van der Waals surface area (Å²) < 4.78 is 10.7. The van der Waals surface area contributed by atoms with Gasteiger partial charge in [-0.25, -0.2) is 0 Å². The van der Waals surface area contributed by atoms with E-state index in [0.717, 1.165) is 19.3 Å². The van der Waals surface area contributed by atoms with Gasteiger partial charge in [0, 0.05) is 5.69 Å². The van der Waals surface area contributed by atoms with E-state index in [9.17, 15) is 9.59 Å². The second kappa shape index (κ2) is 9.47. The van der Waals surface area contributed by atoms with Crippen LogP contribution in [-0.4, -0.2) is 25.9 Å². The summed E-state index contributed by atoms with van der Waals surface area (Å²) in [7, 11) is 1.48. The number of hydrogen-bond donors (Lipinski definition) is 1. The van der Waals surface area contributed by atoms with Gasteiger partial charge in [-0.3, -0.25) is 9.59 Å². The Hall–Kier alpha value is -2.82. The third kappa shape index (κ3) is 5.35. The summed E-state index contributed by atoms with van der Waals surface area (Å²) in [6, 6.07) is 12.8. The van der Waals surface area contributed by atoms with Crippen molar-refractivity contribution in [3.63, 3.8) is 0 Å². The van der Waals surface area contributed by atoms with Crippen LogP contribution in [0.25, 0.3) is 0 Å². The van der Waals surface area contributed by atoms with Crippen LogP contribution in [0.3, 0.4) is 0 Å². The van der Waals surface area contributed by atoms with Gasteiger partial charge in [0.1, 0.15) is 0 Å². The van der Waals surface area contributed by atoms with Crippen LogP contribution in [-0.2, 0) is 11.2 Å². The molecule has 5 heteroatoms. The van der Waals surface area contributed by atoms with Crippen molar-refractivity contribution in [2.24, 2.45) is 0 Å². The van der Waals surface area contributed by atoms with E-state index in [1.165, 1.54) is 12.7 Å². The molecule has 0 aromatic heterocycles. The van der Waals surface area contributed by atoms with E-state index in [4.69, 9.17) is 9.47 Å². The van der Waals surface area contributed by atoms with E-state index in [0.29, 0.717) is 23.3 Å². The third-order valence-corrected chi connectivity index (χ3v) is 3.76. The third-order valence-electron chi connectivity index (χ3n) is 3.76. The highest BCUT2D eigenvalue weighted by molar-refractivity contribution is 5.92. The normalized spacial score (nSPS) is 10.2. The number of ether oxygens (including phenoxy) is 2. The number of carbonyl (C=O) groups is 2. The molecule has 0 aliphatic carbocycles. The molecule has 0 aliphatic heterocycles. The number of methoxy groups -OCH3 is 1. The summed E-state index contributed by atoms with van der Waals surface area (Å²) in [5, 5.41) is 2.78. The first kappa shape index (κ1) is 18.5. The standard InChI is InChI=1S/C20H23NO4/c1-3-4-6-15-9-11-17(12-10-15)21-19(23)14-25-20-16(13-22)7-5-8-18(20)24-2/h5,7-13H,3-4,6,14H2,1-2H3,(H,21,23). The smallest absolute Gasteiger partial charge is 0.262 e. The number of anilines is 1. The van der Waals surface area contributed by atoms with Gasteiger partial charge in [-0.1, -0.05) is 31.5 Å². The van der Waals surface area contributed by atoms with Gasteiger partial charge in [0.2, 0.25) is 0 Å². The van der Waals surface area contributed by atoms with Crippen molar-refractivity contribution in [3.05, 3.63) is 53.6 Å². The SMILES string of the molecule is CCCCc1ccc(NC(=O)COc2c(C=O)cccc2OC)cc1. The molecule has 0 radical (unpaired) electrons. The second-order valence-electron chi connectivity index (χ2n) is 5.63. The Labute approximate surface area is 148 Å². The molecule has 0 fully saturated rings. The highest BCUT2D eigenvalue weighted by Crippen LogP contribution is 2.29. The molecule has 1 N–H and O–H groups in total. The molecule has 5 nitrogen and oxygen atoms in total. The summed E-state index contributed by atoms with van der Waals surface area (Å²) in [6.45, 7) is 1.95. The average Bonchev–Trinajstić information content (AvgIpc) is 2.65. The van der Waals surface area contributed by atoms with Crippen molar-refractivity contribution >= 4 is 17.9 Å². The maximum atomic E-state index is 12.1. The molecule has 1 amide bonds. The minimum Gasteiger partial charge on any atom is -0.493 e. The monoisotopic (exact) mass is 341 g/mol. The Balaban J connectivity index is 1.94. The Kier molecular flexibility index (Phi) is 7.01. The summed E-state index contributed by atoms with van der Waals surface area (Å²) >= 11 is 0. The molecule has 25 heavy (non-hydrogen) atoms. The molecule has 0 spiro atoms. The number of benzene rings is 2. The maximum absolute atomic E-state index is 12.1. The molecular weight excluding hydrogens is 318 g/mol. The molecule has 132 valence electrons. The molecule has 0 heterocycles. The van der Waals surface area contributed by atoms with Crippen LogP contribution in [0.15, 0.2) is 42.5 Å². The lowest BCUT2D eigenvalue weighted by atomic mass is 10.1. The predicted octanol–water partition coefficient (Wildman–Crippen LogP) is 3.87. The van der Waals surface area contributed by atoms with Crippen molar-refractivity contribution < 1.29 is 19.1 Å². The summed E-state index contributed by atoms with van der Waals surface area (Å²) in [4.78, 5) is 23.2. The fraction of sp³-hybridized carbons (Fsp3) is 0.300. The summed E-state index contributed by atoms with van der Waals surface area (Å²) in [6.07, 6.45) is 4.01. The van der Waals surface area contributed by atoms with Gasteiger partial charge in [-0.2, -0.15) is 0 Å². The molecular formula is C20H23NO4. The Morgan fingerprint density at radius 1 is 1.16 bits per heavy atom. The molecule has 0 saturated heterocycles. The van der Waals surface area contributed by atoms with Crippen molar-refractivity contribution in [2.45, 2.75) is 26.2 Å². The van der Waals surface area contributed by atoms with Gasteiger partial charge >= 0.3 is 0 Å². The minimum atomic E-state index is -0.302. The zero-order valence-corrected chi connectivity index (χ0v) is 14.6. The number of aldehydes is 1. The first-order valence-corrected chi connectivity index (χ1v) is 8.31. The zero-order chi connectivity index (χ0) is 18.1. The fourth-order valence-electron chi connectivity index (χ4n) is 2.41. The number of amides is 1. The molecule has 2 aromatic rings. The van der Waals surface area contributed by atoms with Crippen LogP contribution in [0.4, 0.5) is 5.69 Å². The van der Waals surface area contributed by atoms with Gasteiger partial charge in [-0.05, 0) is 42.7 Å². The number of unbranched alkanes of at least 4 members (excludes halogenated alkanes) is 1. The molecule has 0 atom stereocenters. The van der Waals surface area contributed by atoms with Crippen LogP contribution < -0.4 is 14.8 Å². The lowest BCUT2D eigenvalue weighted by Crippen LogP contribution is -2.20. The fourth-order valence-corrected chi connectivity index (χ4v) is 2.41. The van der Waals surface area contributed by atoms with Crippen molar-refractivity contribution in [1.82, 2.24) is 0 Å². The number of para-hydroxylation sites is 1. The lowest BCUT2D eigenvalue weighted by Gasteiger charge is -2.12. The molecule has 2 rings (SSSR count). The summed E-state index contributed by atoms with van der Waals surface area (Å²) in [5.74, 6) is 0.381. The van der Waals surface area contributed by atoms with E-state index in [2.05, 4.69) is 12.2 Å². The van der Waals surface area contributed by atoms with Crippen LogP contribution in [0.5, 0.6) is 11.5 Å². The molecule has 0 saturated carbocycles. The highest BCUT2D eigenvalue weighted by atomic mass is 16.5. The van der Waals surface area contributed by atoms with Crippen molar-refractivity contribution in [1.29, 1.82) is 0 Å². The number of hydrogen-bond acceptors (Lipinski definition) is 4. The quantitative estimate of drug-likeness (QED) is 0.703. The maximum Gasteiger partial charge on any atom is 0.262 e. The molecule has 0 aliphatic rings. The number of nitrogens with one attached hydrogen (secondary N) is 1. The van der Waals surface area contributed by atoms with Crippen LogP contribution in [0, 0.1) is 0 Å². The van der Waals surface area contributed by atoms with Gasteiger partial charge in [0.05, 0.1) is 12.7 Å².